The summed E-state index contributed by atoms with van der Waals surface area (Å²) in [6.45, 7) is 0. The Bertz CT molecular complexity index is 297. The summed E-state index contributed by atoms with van der Waals surface area (Å²) < 4.78 is 18.0. The van der Waals surface area contributed by atoms with Crippen LogP contribution in [0.5, 0.6) is 5.75 Å². The highest BCUT2D eigenvalue weighted by molar-refractivity contribution is 5.50. The number of carbonyl (C=O) groups is 1. The van der Waals surface area contributed by atoms with E-state index in [9.17, 15) is 9.18 Å². The summed E-state index contributed by atoms with van der Waals surface area (Å²) in [7, 11) is 1.52. The molecule has 1 aromatic rings. The highest BCUT2D eigenvalue weighted by Crippen LogP contribution is 2.17. The lowest BCUT2D eigenvalue weighted by molar-refractivity contribution is -0.107. The third-order valence-electron chi connectivity index (χ3n) is 1.78. The SMILES string of the molecule is COc1ccc(F)c(CCC=O)c1. The van der Waals surface area contributed by atoms with Crippen LogP contribution in [0.1, 0.15) is 12.0 Å². The maximum atomic E-state index is 13.1. The molecule has 0 unspecified atom stereocenters. The van der Waals surface area contributed by atoms with Gasteiger partial charge in [0.05, 0.1) is 7.11 Å². The Morgan fingerprint density at radius 1 is 1.54 bits per heavy atom. The molecule has 0 saturated heterocycles. The second-order valence-corrected chi connectivity index (χ2v) is 2.66. The Morgan fingerprint density at radius 2 is 2.31 bits per heavy atom. The van der Waals surface area contributed by atoms with Gasteiger partial charge < -0.3 is 9.53 Å². The van der Waals surface area contributed by atoms with E-state index in [4.69, 9.17) is 4.74 Å². The summed E-state index contributed by atoms with van der Waals surface area (Å²) in [5, 5.41) is 0. The van der Waals surface area contributed by atoms with Gasteiger partial charge in [0.2, 0.25) is 0 Å². The van der Waals surface area contributed by atoms with Crippen molar-refractivity contribution in [2.45, 2.75) is 12.8 Å². The van der Waals surface area contributed by atoms with Crippen molar-refractivity contribution in [2.75, 3.05) is 7.11 Å². The van der Waals surface area contributed by atoms with Crippen molar-refractivity contribution in [1.29, 1.82) is 0 Å². The molecule has 0 heterocycles. The average Bonchev–Trinajstić information content (AvgIpc) is 2.17. The van der Waals surface area contributed by atoms with Gasteiger partial charge in [0.1, 0.15) is 17.9 Å². The molecule has 0 fully saturated rings. The molecule has 3 heteroatoms. The summed E-state index contributed by atoms with van der Waals surface area (Å²) in [6.07, 6.45) is 1.54. The molecule has 13 heavy (non-hydrogen) atoms. The molecule has 0 N–H and O–H groups in total. The lowest BCUT2D eigenvalue weighted by Crippen LogP contribution is -1.93. The molecule has 0 amide bonds. The second kappa shape index (κ2) is 4.60. The normalized spacial score (nSPS) is 9.69. The first-order chi connectivity index (χ1) is 6.27. The summed E-state index contributed by atoms with van der Waals surface area (Å²) in [5.41, 5.74) is 0.520. The molecule has 0 aliphatic rings. The topological polar surface area (TPSA) is 26.3 Å². The van der Waals surface area contributed by atoms with E-state index in [1.165, 1.54) is 13.2 Å². The van der Waals surface area contributed by atoms with E-state index in [0.717, 1.165) is 6.29 Å². The van der Waals surface area contributed by atoms with Gasteiger partial charge in [-0.3, -0.25) is 0 Å². The molecule has 0 bridgehead atoms. The minimum Gasteiger partial charge on any atom is -0.497 e. The number of aryl methyl sites for hydroxylation is 1. The van der Waals surface area contributed by atoms with Crippen LogP contribution in [0.4, 0.5) is 4.39 Å². The predicted molar refractivity (Wildman–Crippen MR) is 47.3 cm³/mol. The number of hydrogen-bond acceptors (Lipinski definition) is 2. The van der Waals surface area contributed by atoms with E-state index in [1.54, 1.807) is 12.1 Å². The standard InChI is InChI=1S/C10H11FO2/c1-13-9-4-5-10(11)8(7-9)3-2-6-12/h4-7H,2-3H2,1H3. The van der Waals surface area contributed by atoms with Crippen molar-refractivity contribution >= 4 is 6.29 Å². The van der Waals surface area contributed by atoms with Crippen molar-refractivity contribution in [2.24, 2.45) is 0 Å². The van der Waals surface area contributed by atoms with Gasteiger partial charge in [0.25, 0.3) is 0 Å². The maximum Gasteiger partial charge on any atom is 0.126 e. The average molecular weight is 182 g/mol. The largest absolute Gasteiger partial charge is 0.497 e. The van der Waals surface area contributed by atoms with Gasteiger partial charge in [-0.05, 0) is 30.2 Å². The Hall–Kier alpha value is -1.38. The summed E-state index contributed by atoms with van der Waals surface area (Å²) in [4.78, 5) is 10.1. The highest BCUT2D eigenvalue weighted by Gasteiger charge is 2.02. The van der Waals surface area contributed by atoms with Gasteiger partial charge in [-0.2, -0.15) is 0 Å². The second-order valence-electron chi connectivity index (χ2n) is 2.66. The van der Waals surface area contributed by atoms with Crippen LogP contribution in [0.2, 0.25) is 0 Å². The fourth-order valence-electron chi connectivity index (χ4n) is 1.08. The fourth-order valence-corrected chi connectivity index (χ4v) is 1.08. The van der Waals surface area contributed by atoms with E-state index in [-0.39, 0.29) is 5.82 Å². The van der Waals surface area contributed by atoms with Crippen LogP contribution in [0, 0.1) is 5.82 Å². The zero-order chi connectivity index (χ0) is 9.68. The van der Waals surface area contributed by atoms with Crippen molar-refractivity contribution in [3.63, 3.8) is 0 Å². The van der Waals surface area contributed by atoms with Crippen LogP contribution >= 0.6 is 0 Å². The van der Waals surface area contributed by atoms with Gasteiger partial charge in [0.15, 0.2) is 0 Å². The van der Waals surface area contributed by atoms with E-state index in [0.29, 0.717) is 24.2 Å². The number of benzene rings is 1. The molecule has 1 aromatic carbocycles. The highest BCUT2D eigenvalue weighted by atomic mass is 19.1. The van der Waals surface area contributed by atoms with Crippen molar-refractivity contribution in [3.05, 3.63) is 29.6 Å². The summed E-state index contributed by atoms with van der Waals surface area (Å²) >= 11 is 0. The van der Waals surface area contributed by atoms with E-state index < -0.39 is 0 Å². The van der Waals surface area contributed by atoms with Gasteiger partial charge in [-0.15, -0.1) is 0 Å². The van der Waals surface area contributed by atoms with Crippen molar-refractivity contribution in [1.82, 2.24) is 0 Å². The minimum atomic E-state index is -0.289. The number of carbonyl (C=O) groups excluding carboxylic acids is 1. The molecule has 0 atom stereocenters. The monoisotopic (exact) mass is 182 g/mol. The molecule has 2 nitrogen and oxygen atoms in total. The molecular formula is C10H11FO2. The third kappa shape index (κ3) is 2.54. The smallest absolute Gasteiger partial charge is 0.126 e. The molecule has 0 saturated carbocycles. The van der Waals surface area contributed by atoms with Crippen LogP contribution < -0.4 is 4.74 Å². The molecule has 70 valence electrons. The van der Waals surface area contributed by atoms with E-state index >= 15 is 0 Å². The van der Waals surface area contributed by atoms with Gasteiger partial charge in [-0.25, -0.2) is 4.39 Å². The molecule has 1 rings (SSSR count). The number of ether oxygens (including phenoxy) is 1. The predicted octanol–water partition coefficient (Wildman–Crippen LogP) is 1.97. The molecule has 0 radical (unpaired) electrons. The fraction of sp³-hybridized carbons (Fsp3) is 0.300. The Balaban J connectivity index is 2.83. The lowest BCUT2D eigenvalue weighted by atomic mass is 10.1. The Labute approximate surface area is 76.3 Å². The number of halogens is 1. The van der Waals surface area contributed by atoms with Crippen LogP contribution in [-0.2, 0) is 11.2 Å². The number of hydrogen-bond donors (Lipinski definition) is 0. The Kier molecular flexibility index (Phi) is 3.43. The first-order valence-corrected chi connectivity index (χ1v) is 4.04. The number of methoxy groups -OCH3 is 1. The maximum absolute atomic E-state index is 13.1. The first-order valence-electron chi connectivity index (χ1n) is 4.04. The quantitative estimate of drug-likeness (QED) is 0.665. The van der Waals surface area contributed by atoms with Crippen LogP contribution in [0.25, 0.3) is 0 Å². The molecule has 0 aromatic heterocycles. The number of rotatable bonds is 4. The van der Waals surface area contributed by atoms with Crippen LogP contribution in [0.3, 0.4) is 0 Å². The van der Waals surface area contributed by atoms with Crippen LogP contribution in [0.15, 0.2) is 18.2 Å². The first kappa shape index (κ1) is 9.71. The zero-order valence-corrected chi connectivity index (χ0v) is 7.42. The van der Waals surface area contributed by atoms with Crippen LogP contribution in [-0.4, -0.2) is 13.4 Å². The van der Waals surface area contributed by atoms with Gasteiger partial charge in [-0.1, -0.05) is 0 Å². The van der Waals surface area contributed by atoms with E-state index in [1.807, 2.05) is 0 Å². The van der Waals surface area contributed by atoms with Crippen molar-refractivity contribution in [3.8, 4) is 5.75 Å². The minimum absolute atomic E-state index is 0.289. The molecular weight excluding hydrogens is 171 g/mol. The Morgan fingerprint density at radius 3 is 2.92 bits per heavy atom. The molecule has 0 aliphatic heterocycles. The van der Waals surface area contributed by atoms with E-state index in [2.05, 4.69) is 0 Å². The van der Waals surface area contributed by atoms with Gasteiger partial charge in [0, 0.05) is 6.42 Å². The zero-order valence-electron chi connectivity index (χ0n) is 7.42. The lowest BCUT2D eigenvalue weighted by Gasteiger charge is -2.03. The third-order valence-corrected chi connectivity index (χ3v) is 1.78. The van der Waals surface area contributed by atoms with Gasteiger partial charge >= 0.3 is 0 Å². The summed E-state index contributed by atoms with van der Waals surface area (Å²) in [5.74, 6) is 0.324. The van der Waals surface area contributed by atoms with Crippen molar-refractivity contribution < 1.29 is 13.9 Å². The number of aldehydes is 1. The molecule has 0 spiro atoms. The molecule has 0 aliphatic carbocycles. The summed E-state index contributed by atoms with van der Waals surface area (Å²) in [6, 6.07) is 4.51.